The molecule has 1 aliphatic rings. The van der Waals surface area contributed by atoms with Crippen molar-refractivity contribution < 1.29 is 28.5 Å². The summed E-state index contributed by atoms with van der Waals surface area (Å²) in [4.78, 5) is 0. The second kappa shape index (κ2) is 5.40. The second-order valence-corrected chi connectivity index (χ2v) is 7.23. The molecular weight excluding hydrogens is 262 g/mol. The fourth-order valence-corrected chi connectivity index (χ4v) is 2.45. The largest absolute Gasteiger partial charge is 0.388 e. The van der Waals surface area contributed by atoms with Gasteiger partial charge in [0.15, 0.2) is 0 Å². The summed E-state index contributed by atoms with van der Waals surface area (Å²) >= 11 is 0. The van der Waals surface area contributed by atoms with E-state index in [1.165, 1.54) is 13.8 Å². The van der Waals surface area contributed by atoms with Crippen LogP contribution in [-0.2, 0) is 14.8 Å². The SMILES string of the molecule is CC1OCC(O)C(O)(CNS(=O)(=O)C(C)C)[C@@H]1O. The van der Waals surface area contributed by atoms with Gasteiger partial charge in [0.05, 0.1) is 18.0 Å². The molecule has 0 spiro atoms. The number of sulfonamides is 1. The Kier molecular flexibility index (Phi) is 4.74. The zero-order valence-electron chi connectivity index (χ0n) is 10.7. The van der Waals surface area contributed by atoms with Crippen LogP contribution in [0.3, 0.4) is 0 Å². The van der Waals surface area contributed by atoms with E-state index in [1.807, 2.05) is 0 Å². The predicted octanol–water partition coefficient (Wildman–Crippen LogP) is -1.81. The first-order chi connectivity index (χ1) is 8.11. The van der Waals surface area contributed by atoms with Crippen molar-refractivity contribution in [1.82, 2.24) is 4.72 Å². The molecule has 0 saturated carbocycles. The van der Waals surface area contributed by atoms with Gasteiger partial charge in [-0.25, -0.2) is 13.1 Å². The van der Waals surface area contributed by atoms with Gasteiger partial charge in [0.2, 0.25) is 10.0 Å². The van der Waals surface area contributed by atoms with Crippen LogP contribution in [0.5, 0.6) is 0 Å². The molecule has 0 aromatic carbocycles. The highest BCUT2D eigenvalue weighted by Crippen LogP contribution is 2.25. The maximum Gasteiger partial charge on any atom is 0.214 e. The maximum atomic E-state index is 11.6. The molecule has 8 heteroatoms. The molecule has 108 valence electrons. The minimum absolute atomic E-state index is 0.155. The lowest BCUT2D eigenvalue weighted by atomic mass is 9.85. The van der Waals surface area contributed by atoms with Gasteiger partial charge in [-0.15, -0.1) is 0 Å². The lowest BCUT2D eigenvalue weighted by Gasteiger charge is -2.43. The molecule has 0 aromatic heterocycles. The summed E-state index contributed by atoms with van der Waals surface area (Å²) in [6.07, 6.45) is -3.39. The second-order valence-electron chi connectivity index (χ2n) is 4.91. The molecule has 18 heavy (non-hydrogen) atoms. The summed E-state index contributed by atoms with van der Waals surface area (Å²) in [7, 11) is -3.57. The van der Waals surface area contributed by atoms with E-state index < -0.39 is 45.7 Å². The minimum atomic E-state index is -3.57. The maximum absolute atomic E-state index is 11.6. The van der Waals surface area contributed by atoms with Crippen molar-refractivity contribution >= 4 is 10.0 Å². The molecule has 0 aliphatic carbocycles. The first kappa shape index (κ1) is 15.8. The molecule has 1 saturated heterocycles. The third kappa shape index (κ3) is 3.01. The van der Waals surface area contributed by atoms with E-state index in [0.717, 1.165) is 0 Å². The zero-order chi connectivity index (χ0) is 14.1. The van der Waals surface area contributed by atoms with Crippen molar-refractivity contribution in [2.75, 3.05) is 13.2 Å². The molecule has 1 fully saturated rings. The van der Waals surface area contributed by atoms with E-state index in [1.54, 1.807) is 6.92 Å². The fraction of sp³-hybridized carbons (Fsp3) is 1.00. The number of ether oxygens (including phenoxy) is 1. The Bertz CT molecular complexity index is 384. The van der Waals surface area contributed by atoms with Gasteiger partial charge in [0.1, 0.15) is 17.8 Å². The van der Waals surface area contributed by atoms with Gasteiger partial charge in [0.25, 0.3) is 0 Å². The van der Waals surface area contributed by atoms with Crippen LogP contribution in [0, 0.1) is 0 Å². The van der Waals surface area contributed by atoms with Gasteiger partial charge in [0, 0.05) is 6.54 Å². The van der Waals surface area contributed by atoms with Gasteiger partial charge in [-0.3, -0.25) is 0 Å². The molecular formula is C10H21NO6S. The average Bonchev–Trinajstić information content (AvgIpc) is 2.29. The molecule has 0 amide bonds. The first-order valence-corrected chi connectivity index (χ1v) is 7.34. The van der Waals surface area contributed by atoms with E-state index >= 15 is 0 Å². The number of hydrogen-bond donors (Lipinski definition) is 4. The third-order valence-corrected chi connectivity index (χ3v) is 5.02. The summed E-state index contributed by atoms with van der Waals surface area (Å²) in [6.45, 7) is 3.91. The molecule has 0 aromatic rings. The van der Waals surface area contributed by atoms with Crippen LogP contribution in [0.15, 0.2) is 0 Å². The van der Waals surface area contributed by atoms with Crippen LogP contribution >= 0.6 is 0 Å². The highest BCUT2D eigenvalue weighted by atomic mass is 32.2. The molecule has 7 nitrogen and oxygen atoms in total. The van der Waals surface area contributed by atoms with E-state index in [0.29, 0.717) is 0 Å². The van der Waals surface area contributed by atoms with Crippen LogP contribution in [-0.4, -0.2) is 66.1 Å². The standard InChI is InChI=1S/C10H21NO6S/c1-6(2)18(15,16)11-5-10(14)8(12)4-17-7(3)9(10)13/h6-9,11-14H,4-5H2,1-3H3/t7?,8?,9-,10?/m1/s1. The van der Waals surface area contributed by atoms with Crippen LogP contribution < -0.4 is 4.72 Å². The summed E-state index contributed by atoms with van der Waals surface area (Å²) in [5.41, 5.74) is -1.94. The Morgan fingerprint density at radius 3 is 2.50 bits per heavy atom. The lowest BCUT2D eigenvalue weighted by Crippen LogP contribution is -2.66. The lowest BCUT2D eigenvalue weighted by molar-refractivity contribution is -0.234. The minimum Gasteiger partial charge on any atom is -0.388 e. The Balaban J connectivity index is 2.80. The van der Waals surface area contributed by atoms with E-state index in [2.05, 4.69) is 4.72 Å². The topological polar surface area (TPSA) is 116 Å². The summed E-state index contributed by atoms with van der Waals surface area (Å²) in [6, 6.07) is 0. The van der Waals surface area contributed by atoms with Crippen molar-refractivity contribution in [2.45, 2.75) is 49.9 Å². The molecule has 1 aliphatic heterocycles. The van der Waals surface area contributed by atoms with Crippen molar-refractivity contribution in [3.8, 4) is 0 Å². The smallest absolute Gasteiger partial charge is 0.214 e. The Morgan fingerprint density at radius 2 is 2.00 bits per heavy atom. The van der Waals surface area contributed by atoms with Gasteiger partial charge >= 0.3 is 0 Å². The monoisotopic (exact) mass is 283 g/mol. The predicted molar refractivity (Wildman–Crippen MR) is 64.4 cm³/mol. The number of rotatable bonds is 4. The normalized spacial score (nSPS) is 38.1. The zero-order valence-corrected chi connectivity index (χ0v) is 11.5. The average molecular weight is 283 g/mol. The Labute approximate surface area is 107 Å². The van der Waals surface area contributed by atoms with Gasteiger partial charge in [-0.05, 0) is 20.8 Å². The van der Waals surface area contributed by atoms with Crippen LogP contribution in [0.4, 0.5) is 0 Å². The molecule has 0 radical (unpaired) electrons. The molecule has 1 heterocycles. The Hall–Kier alpha value is -0.250. The van der Waals surface area contributed by atoms with Gasteiger partial charge in [-0.2, -0.15) is 0 Å². The molecule has 1 rings (SSSR count). The number of nitrogens with one attached hydrogen (secondary N) is 1. The van der Waals surface area contributed by atoms with Crippen LogP contribution in [0.2, 0.25) is 0 Å². The number of aliphatic hydroxyl groups is 3. The van der Waals surface area contributed by atoms with Crippen molar-refractivity contribution in [1.29, 1.82) is 0 Å². The highest BCUT2D eigenvalue weighted by Gasteiger charge is 2.49. The fourth-order valence-electron chi connectivity index (χ4n) is 1.69. The summed E-state index contributed by atoms with van der Waals surface area (Å²) in [5, 5.41) is 29.1. The summed E-state index contributed by atoms with van der Waals surface area (Å²) in [5.74, 6) is 0. The van der Waals surface area contributed by atoms with Crippen molar-refractivity contribution in [3.63, 3.8) is 0 Å². The number of aliphatic hydroxyl groups excluding tert-OH is 2. The molecule has 4 atom stereocenters. The summed E-state index contributed by atoms with van der Waals surface area (Å²) < 4.78 is 30.4. The molecule has 0 bridgehead atoms. The highest BCUT2D eigenvalue weighted by molar-refractivity contribution is 7.90. The van der Waals surface area contributed by atoms with E-state index in [9.17, 15) is 23.7 Å². The van der Waals surface area contributed by atoms with Gasteiger partial charge in [-0.1, -0.05) is 0 Å². The third-order valence-electron chi connectivity index (χ3n) is 3.23. The van der Waals surface area contributed by atoms with Crippen LogP contribution in [0.25, 0.3) is 0 Å². The number of hydrogen-bond acceptors (Lipinski definition) is 6. The Morgan fingerprint density at radius 1 is 1.44 bits per heavy atom. The van der Waals surface area contributed by atoms with Crippen molar-refractivity contribution in [3.05, 3.63) is 0 Å². The molecule has 4 N–H and O–H groups in total. The van der Waals surface area contributed by atoms with Gasteiger partial charge < -0.3 is 20.1 Å². The van der Waals surface area contributed by atoms with E-state index in [-0.39, 0.29) is 6.61 Å². The van der Waals surface area contributed by atoms with Crippen LogP contribution in [0.1, 0.15) is 20.8 Å². The molecule has 3 unspecified atom stereocenters. The van der Waals surface area contributed by atoms with E-state index in [4.69, 9.17) is 4.74 Å². The van der Waals surface area contributed by atoms with Crippen molar-refractivity contribution in [2.24, 2.45) is 0 Å². The first-order valence-electron chi connectivity index (χ1n) is 5.80. The quantitative estimate of drug-likeness (QED) is 0.483.